The van der Waals surface area contributed by atoms with Gasteiger partial charge in [0.1, 0.15) is 6.67 Å². The van der Waals surface area contributed by atoms with Crippen LogP contribution in [-0.2, 0) is 6.67 Å². The highest BCUT2D eigenvalue weighted by atomic mass is 15.1. The highest BCUT2D eigenvalue weighted by Crippen LogP contribution is 2.40. The van der Waals surface area contributed by atoms with Crippen molar-refractivity contribution < 1.29 is 0 Å². The van der Waals surface area contributed by atoms with Crippen LogP contribution in [0.5, 0.6) is 0 Å². The summed E-state index contributed by atoms with van der Waals surface area (Å²) in [5, 5.41) is 4.76. The fourth-order valence-corrected chi connectivity index (χ4v) is 7.25. The van der Waals surface area contributed by atoms with Gasteiger partial charge in [-0.15, -0.1) is 0 Å². The molecule has 0 radical (unpaired) electrons. The normalized spacial score (nSPS) is 12.3. The molecule has 0 saturated heterocycles. The van der Waals surface area contributed by atoms with Crippen LogP contribution in [0.25, 0.3) is 60.4 Å². The third-order valence-electron chi connectivity index (χ3n) is 9.56. The van der Waals surface area contributed by atoms with Crippen molar-refractivity contribution in [3.8, 4) is 16.8 Å². The van der Waals surface area contributed by atoms with Crippen LogP contribution in [0, 0.1) is 0 Å². The zero-order valence-electron chi connectivity index (χ0n) is 27.9. The van der Waals surface area contributed by atoms with Gasteiger partial charge in [-0.25, -0.2) is 15.0 Å². The van der Waals surface area contributed by atoms with E-state index in [0.29, 0.717) is 18.3 Å². The topological polar surface area (TPSA) is 46.9 Å². The van der Waals surface area contributed by atoms with Crippen molar-refractivity contribution in [3.05, 3.63) is 187 Å². The van der Waals surface area contributed by atoms with Gasteiger partial charge in [-0.3, -0.25) is 0 Å². The molecule has 7 aromatic carbocycles. The average Bonchev–Trinajstić information content (AvgIpc) is 3.72. The molecule has 9 rings (SSSR count). The van der Waals surface area contributed by atoms with E-state index in [1.165, 1.54) is 32.7 Å². The van der Waals surface area contributed by atoms with Gasteiger partial charge in [0, 0.05) is 38.4 Å². The van der Waals surface area contributed by atoms with E-state index in [2.05, 4.69) is 136 Å². The van der Waals surface area contributed by atoms with Crippen LogP contribution < -0.4 is 0 Å². The lowest BCUT2D eigenvalue weighted by Gasteiger charge is -2.13. The largest absolute Gasteiger partial charge is 0.318 e. The Morgan fingerprint density at radius 1 is 0.471 bits per heavy atom. The molecular formula is C46H33N5. The van der Waals surface area contributed by atoms with Gasteiger partial charge >= 0.3 is 0 Å². The van der Waals surface area contributed by atoms with E-state index < -0.39 is 0 Å². The maximum Gasteiger partial charge on any atom is 0.161 e. The minimum absolute atomic E-state index is 0.349. The molecule has 0 spiro atoms. The van der Waals surface area contributed by atoms with Crippen LogP contribution in [-0.4, -0.2) is 27.5 Å². The first-order valence-corrected chi connectivity index (χ1v) is 17.1. The number of rotatable bonds is 6. The number of hydrogen-bond acceptors (Lipinski definition) is 1. The predicted octanol–water partition coefficient (Wildman–Crippen LogP) is 11.1. The van der Waals surface area contributed by atoms with Gasteiger partial charge in [0.05, 0.1) is 22.1 Å². The van der Waals surface area contributed by atoms with Crippen molar-refractivity contribution >= 4 is 62.0 Å². The molecule has 0 fully saturated rings. The van der Waals surface area contributed by atoms with Crippen LogP contribution >= 0.6 is 0 Å². The van der Waals surface area contributed by atoms with Gasteiger partial charge in [0.25, 0.3) is 0 Å². The number of nitrogens with zero attached hydrogens (tertiary/aromatic N) is 5. The van der Waals surface area contributed by atoms with E-state index in [1.54, 1.807) is 0 Å². The molecule has 5 nitrogen and oxygen atoms in total. The first kappa shape index (κ1) is 30.2. The molecule has 9 aromatic rings. The second kappa shape index (κ2) is 12.9. The highest BCUT2D eigenvalue weighted by Gasteiger charge is 2.20. The van der Waals surface area contributed by atoms with Gasteiger partial charge < -0.3 is 9.13 Å². The summed E-state index contributed by atoms with van der Waals surface area (Å²) >= 11 is 0. The molecule has 2 heterocycles. The third-order valence-corrected chi connectivity index (χ3v) is 9.56. The van der Waals surface area contributed by atoms with Crippen LogP contribution in [0.15, 0.2) is 191 Å². The Kier molecular flexibility index (Phi) is 7.63. The lowest BCUT2D eigenvalue weighted by Crippen LogP contribution is -2.07. The summed E-state index contributed by atoms with van der Waals surface area (Å²) in [6.45, 7) is 4.20. The lowest BCUT2D eigenvalue weighted by molar-refractivity contribution is 0.792. The first-order valence-electron chi connectivity index (χ1n) is 17.1. The summed E-state index contributed by atoms with van der Waals surface area (Å²) in [6, 6.07) is 61.3. The van der Waals surface area contributed by atoms with Crippen molar-refractivity contribution in [1.29, 1.82) is 0 Å². The Bertz CT molecular complexity index is 2770. The third kappa shape index (κ3) is 5.32. The lowest BCUT2D eigenvalue weighted by atomic mass is 10.1. The molecule has 51 heavy (non-hydrogen) atoms. The molecule has 5 heteroatoms. The molecule has 0 N–H and O–H groups in total. The fourth-order valence-electron chi connectivity index (χ4n) is 7.25. The van der Waals surface area contributed by atoms with Gasteiger partial charge in [0.15, 0.2) is 11.7 Å². The van der Waals surface area contributed by atoms with Crippen LogP contribution in [0.3, 0.4) is 0 Å². The molecule has 0 bridgehead atoms. The number of hydrogen-bond donors (Lipinski definition) is 0. The minimum Gasteiger partial charge on any atom is -0.318 e. The molecule has 0 amide bonds. The summed E-state index contributed by atoms with van der Waals surface area (Å²) in [5.41, 5.74) is 9.80. The quantitative estimate of drug-likeness (QED) is 0.126. The van der Waals surface area contributed by atoms with Gasteiger partial charge in [0.2, 0.25) is 0 Å². The number of fused-ring (bicyclic) bond motifs is 7. The Balaban J connectivity index is 1.32. The van der Waals surface area contributed by atoms with E-state index in [-0.39, 0.29) is 0 Å². The number of para-hydroxylation sites is 2. The zero-order chi connectivity index (χ0) is 34.1. The summed E-state index contributed by atoms with van der Waals surface area (Å²) in [7, 11) is 0. The van der Waals surface area contributed by atoms with Gasteiger partial charge in [-0.1, -0.05) is 152 Å². The molecule has 0 unspecified atom stereocenters. The SMILES string of the molecule is C=NC(=N/C(=N\Cn1c2ccccc2c2ccc3c4ccccc4n(-c4cccc(-c5ccccc5)c4)c3c21)c1ccccc1)c1ccccc1. The second-order valence-corrected chi connectivity index (χ2v) is 12.5. The first-order chi connectivity index (χ1) is 25.3. The molecule has 0 saturated carbocycles. The summed E-state index contributed by atoms with van der Waals surface area (Å²) in [5.74, 6) is 1.12. The smallest absolute Gasteiger partial charge is 0.161 e. The number of aliphatic imine (C=N–C) groups is 3. The van der Waals surface area contributed by atoms with Crippen LogP contribution in [0.2, 0.25) is 0 Å². The molecule has 0 aliphatic carbocycles. The number of aromatic nitrogens is 2. The van der Waals surface area contributed by atoms with Crippen LogP contribution in [0.1, 0.15) is 11.1 Å². The van der Waals surface area contributed by atoms with Crippen molar-refractivity contribution in [1.82, 2.24) is 9.13 Å². The Morgan fingerprint density at radius 3 is 1.71 bits per heavy atom. The van der Waals surface area contributed by atoms with E-state index in [9.17, 15) is 0 Å². The standard InChI is InChI=1S/C46H33N5/c1-47-45(33-18-7-3-8-19-33)49-46(34-20-9-4-10-21-34)48-31-50-41-26-13-11-24-37(41)39-28-29-40-38-25-12-14-27-42(38)51(44(40)43(39)50)36-23-15-22-35(30-36)32-16-5-2-6-17-32/h2-30H,1,31H2/b48-46-,49-45?. The van der Waals surface area contributed by atoms with E-state index in [0.717, 1.165) is 38.9 Å². The molecule has 242 valence electrons. The van der Waals surface area contributed by atoms with E-state index >= 15 is 0 Å². The average molecular weight is 656 g/mol. The maximum absolute atomic E-state index is 5.26. The monoisotopic (exact) mass is 655 g/mol. The van der Waals surface area contributed by atoms with Crippen molar-refractivity contribution in [3.63, 3.8) is 0 Å². The Hall–Kier alpha value is -6.85. The highest BCUT2D eigenvalue weighted by molar-refractivity contribution is 6.23. The molecule has 0 aliphatic heterocycles. The van der Waals surface area contributed by atoms with Gasteiger partial charge in [-0.2, -0.15) is 0 Å². The van der Waals surface area contributed by atoms with Crippen molar-refractivity contribution in [2.75, 3.05) is 0 Å². The Labute approximate surface area is 295 Å². The zero-order valence-corrected chi connectivity index (χ0v) is 27.9. The van der Waals surface area contributed by atoms with E-state index in [1.807, 2.05) is 60.7 Å². The second-order valence-electron chi connectivity index (χ2n) is 12.5. The van der Waals surface area contributed by atoms with Crippen molar-refractivity contribution in [2.24, 2.45) is 15.0 Å². The fraction of sp³-hybridized carbons (Fsp3) is 0.0217. The van der Waals surface area contributed by atoms with Crippen molar-refractivity contribution in [2.45, 2.75) is 6.67 Å². The molecule has 0 atom stereocenters. The summed E-state index contributed by atoms with van der Waals surface area (Å²) in [6.07, 6.45) is 0. The molecular weight excluding hydrogens is 623 g/mol. The number of benzene rings is 7. The molecule has 0 aliphatic rings. The molecule has 2 aromatic heterocycles. The minimum atomic E-state index is 0.349. The summed E-state index contributed by atoms with van der Waals surface area (Å²) < 4.78 is 4.76. The van der Waals surface area contributed by atoms with E-state index in [4.69, 9.17) is 9.98 Å². The summed E-state index contributed by atoms with van der Waals surface area (Å²) in [4.78, 5) is 14.6. The number of amidine groups is 2. The van der Waals surface area contributed by atoms with Gasteiger partial charge in [-0.05, 0) is 42.1 Å². The predicted molar refractivity (Wildman–Crippen MR) is 215 cm³/mol. The van der Waals surface area contributed by atoms with Crippen LogP contribution in [0.4, 0.5) is 0 Å². The maximum atomic E-state index is 5.26. The Morgan fingerprint density at radius 2 is 1.02 bits per heavy atom.